The van der Waals surface area contributed by atoms with E-state index in [0.717, 1.165) is 11.1 Å². The molecule has 4 rings (SSSR count). The highest BCUT2D eigenvalue weighted by atomic mass is 19.1. The second-order valence-corrected chi connectivity index (χ2v) is 6.65. The molecule has 1 atom stereocenters. The van der Waals surface area contributed by atoms with Crippen LogP contribution in [0.25, 0.3) is 11.5 Å². The van der Waals surface area contributed by atoms with E-state index in [2.05, 4.69) is 15.5 Å². The zero-order valence-corrected chi connectivity index (χ0v) is 15.9. The number of fused-ring (bicyclic) bond motifs is 1. The van der Waals surface area contributed by atoms with Gasteiger partial charge in [-0.2, -0.15) is 0 Å². The quantitative estimate of drug-likeness (QED) is 0.653. The number of rotatable bonds is 7. The van der Waals surface area contributed by atoms with Gasteiger partial charge in [-0.05, 0) is 42.3 Å². The van der Waals surface area contributed by atoms with Crippen molar-refractivity contribution in [3.8, 4) is 23.0 Å². The van der Waals surface area contributed by atoms with Crippen LogP contribution in [0, 0.1) is 5.82 Å². The van der Waals surface area contributed by atoms with E-state index < -0.39 is 0 Å². The number of aryl methyl sites for hydroxylation is 1. The molecule has 7 nitrogen and oxygen atoms in total. The molecule has 3 aromatic rings. The van der Waals surface area contributed by atoms with Gasteiger partial charge in [0.05, 0.1) is 6.04 Å². The Morgan fingerprint density at radius 2 is 1.93 bits per heavy atom. The van der Waals surface area contributed by atoms with Gasteiger partial charge < -0.3 is 19.2 Å². The predicted molar refractivity (Wildman–Crippen MR) is 102 cm³/mol. The Labute approximate surface area is 166 Å². The first kappa shape index (κ1) is 18.9. The van der Waals surface area contributed by atoms with Crippen molar-refractivity contribution < 1.29 is 23.1 Å². The third-order valence-electron chi connectivity index (χ3n) is 4.67. The third-order valence-corrected chi connectivity index (χ3v) is 4.67. The van der Waals surface area contributed by atoms with Crippen molar-refractivity contribution in [1.29, 1.82) is 0 Å². The summed E-state index contributed by atoms with van der Waals surface area (Å²) in [7, 11) is 0. The monoisotopic (exact) mass is 397 g/mol. The van der Waals surface area contributed by atoms with Crippen molar-refractivity contribution >= 4 is 5.91 Å². The fourth-order valence-corrected chi connectivity index (χ4v) is 3.10. The van der Waals surface area contributed by atoms with Crippen LogP contribution in [-0.2, 0) is 11.2 Å². The highest BCUT2D eigenvalue weighted by Crippen LogP contribution is 2.35. The molecule has 0 spiro atoms. The lowest BCUT2D eigenvalue weighted by atomic mass is 10.0. The van der Waals surface area contributed by atoms with E-state index in [4.69, 9.17) is 13.9 Å². The van der Waals surface area contributed by atoms with E-state index in [0.29, 0.717) is 36.1 Å². The first-order chi connectivity index (χ1) is 14.1. The maximum Gasteiger partial charge on any atom is 0.247 e. The molecule has 29 heavy (non-hydrogen) atoms. The molecule has 0 saturated heterocycles. The van der Waals surface area contributed by atoms with Gasteiger partial charge in [-0.1, -0.05) is 19.1 Å². The summed E-state index contributed by atoms with van der Waals surface area (Å²) in [5.41, 5.74) is 1.59. The summed E-state index contributed by atoms with van der Waals surface area (Å²) < 4.78 is 29.4. The van der Waals surface area contributed by atoms with Crippen LogP contribution in [0.2, 0.25) is 0 Å². The molecule has 1 amide bonds. The van der Waals surface area contributed by atoms with Crippen LogP contribution in [0.3, 0.4) is 0 Å². The fourth-order valence-electron chi connectivity index (χ4n) is 3.10. The van der Waals surface area contributed by atoms with Crippen molar-refractivity contribution in [3.63, 3.8) is 0 Å². The molecule has 1 aromatic heterocycles. The van der Waals surface area contributed by atoms with Gasteiger partial charge in [0.15, 0.2) is 11.5 Å². The summed E-state index contributed by atoms with van der Waals surface area (Å²) >= 11 is 0. The molecule has 1 aliphatic rings. The third kappa shape index (κ3) is 4.37. The largest absolute Gasteiger partial charge is 0.454 e. The number of benzene rings is 2. The maximum absolute atomic E-state index is 13.1. The maximum atomic E-state index is 13.1. The molecule has 1 aliphatic heterocycles. The van der Waals surface area contributed by atoms with E-state index in [1.807, 2.05) is 13.0 Å². The number of aromatic nitrogens is 2. The molecule has 0 saturated carbocycles. The standard InChI is InChI=1S/C21H20FN3O4/c1-2-16(13-3-6-15(22)7-4-13)23-19(26)9-10-20-24-25-21(29-20)14-5-8-17-18(11-14)28-12-27-17/h3-8,11,16H,2,9-10,12H2,1H3,(H,23,26)/t16-/m0/s1. The summed E-state index contributed by atoms with van der Waals surface area (Å²) in [6, 6.07) is 11.3. The first-order valence-corrected chi connectivity index (χ1v) is 9.39. The average Bonchev–Trinajstić information content (AvgIpc) is 3.40. The van der Waals surface area contributed by atoms with Gasteiger partial charge in [0, 0.05) is 18.4 Å². The van der Waals surface area contributed by atoms with Gasteiger partial charge in [-0.25, -0.2) is 4.39 Å². The number of halogens is 1. The minimum atomic E-state index is -0.301. The van der Waals surface area contributed by atoms with Gasteiger partial charge in [-0.15, -0.1) is 10.2 Å². The highest BCUT2D eigenvalue weighted by Gasteiger charge is 2.18. The molecule has 8 heteroatoms. The van der Waals surface area contributed by atoms with Crippen LogP contribution in [0.1, 0.15) is 37.3 Å². The SMILES string of the molecule is CC[C@H](NC(=O)CCc1nnc(-c2ccc3c(c2)OCO3)o1)c1ccc(F)cc1. The normalized spacial score (nSPS) is 13.3. The lowest BCUT2D eigenvalue weighted by Crippen LogP contribution is -2.28. The molecule has 0 radical (unpaired) electrons. The number of carbonyl (C=O) groups is 1. The zero-order chi connectivity index (χ0) is 20.2. The Bertz CT molecular complexity index is 1000. The molecule has 0 fully saturated rings. The van der Waals surface area contributed by atoms with Crippen LogP contribution in [0.5, 0.6) is 11.5 Å². The smallest absolute Gasteiger partial charge is 0.247 e. The fraction of sp³-hybridized carbons (Fsp3) is 0.286. The number of nitrogens with one attached hydrogen (secondary N) is 1. The summed E-state index contributed by atoms with van der Waals surface area (Å²) in [5.74, 6) is 1.61. The van der Waals surface area contributed by atoms with Crippen molar-refractivity contribution in [3.05, 3.63) is 59.7 Å². The lowest BCUT2D eigenvalue weighted by Gasteiger charge is -2.17. The van der Waals surface area contributed by atoms with Gasteiger partial charge in [0.2, 0.25) is 24.5 Å². The molecule has 0 bridgehead atoms. The minimum absolute atomic E-state index is 0.135. The van der Waals surface area contributed by atoms with Gasteiger partial charge >= 0.3 is 0 Å². The van der Waals surface area contributed by atoms with E-state index >= 15 is 0 Å². The lowest BCUT2D eigenvalue weighted by molar-refractivity contribution is -0.121. The Morgan fingerprint density at radius 3 is 2.72 bits per heavy atom. The van der Waals surface area contributed by atoms with Crippen LogP contribution in [-0.4, -0.2) is 22.9 Å². The first-order valence-electron chi connectivity index (χ1n) is 9.39. The van der Waals surface area contributed by atoms with Gasteiger partial charge in [-0.3, -0.25) is 4.79 Å². The number of hydrogen-bond donors (Lipinski definition) is 1. The number of hydrogen-bond acceptors (Lipinski definition) is 6. The Hall–Kier alpha value is -3.42. The average molecular weight is 397 g/mol. The molecule has 0 unspecified atom stereocenters. The van der Waals surface area contributed by atoms with Crippen molar-refractivity contribution in [2.45, 2.75) is 32.2 Å². The molecule has 1 N–H and O–H groups in total. The second-order valence-electron chi connectivity index (χ2n) is 6.65. The summed E-state index contributed by atoms with van der Waals surface area (Å²) in [5, 5.41) is 11.0. The topological polar surface area (TPSA) is 86.5 Å². The predicted octanol–water partition coefficient (Wildman–Crippen LogP) is 3.80. The molecule has 0 aliphatic carbocycles. The molecule has 2 aromatic carbocycles. The summed E-state index contributed by atoms with van der Waals surface area (Å²) in [4.78, 5) is 12.3. The Morgan fingerprint density at radius 1 is 1.14 bits per heavy atom. The van der Waals surface area contributed by atoms with Crippen molar-refractivity contribution in [2.75, 3.05) is 6.79 Å². The van der Waals surface area contributed by atoms with Crippen molar-refractivity contribution in [1.82, 2.24) is 15.5 Å². The number of ether oxygens (including phenoxy) is 2. The molecule has 150 valence electrons. The van der Waals surface area contributed by atoms with E-state index in [1.165, 1.54) is 12.1 Å². The second kappa shape index (κ2) is 8.30. The van der Waals surface area contributed by atoms with E-state index in [-0.39, 0.29) is 31.0 Å². The summed E-state index contributed by atoms with van der Waals surface area (Å²) in [6.45, 7) is 2.16. The Balaban J connectivity index is 1.34. The van der Waals surface area contributed by atoms with Crippen LogP contribution in [0.15, 0.2) is 46.9 Å². The number of amides is 1. The van der Waals surface area contributed by atoms with Crippen LogP contribution < -0.4 is 14.8 Å². The Kier molecular flexibility index (Phi) is 5.41. The van der Waals surface area contributed by atoms with Crippen LogP contribution in [0.4, 0.5) is 4.39 Å². The van der Waals surface area contributed by atoms with E-state index in [1.54, 1.807) is 24.3 Å². The highest BCUT2D eigenvalue weighted by molar-refractivity contribution is 5.76. The number of nitrogens with zero attached hydrogens (tertiary/aromatic N) is 2. The molecular weight excluding hydrogens is 377 g/mol. The van der Waals surface area contributed by atoms with E-state index in [9.17, 15) is 9.18 Å². The number of carbonyl (C=O) groups excluding carboxylic acids is 1. The molecule has 2 heterocycles. The summed E-state index contributed by atoms with van der Waals surface area (Å²) in [6.07, 6.45) is 1.23. The van der Waals surface area contributed by atoms with Crippen molar-refractivity contribution in [2.24, 2.45) is 0 Å². The molecular formula is C21H20FN3O4. The zero-order valence-electron chi connectivity index (χ0n) is 15.9. The van der Waals surface area contributed by atoms with Crippen LogP contribution >= 0.6 is 0 Å². The van der Waals surface area contributed by atoms with Gasteiger partial charge in [0.25, 0.3) is 0 Å². The van der Waals surface area contributed by atoms with Gasteiger partial charge in [0.1, 0.15) is 5.82 Å². The minimum Gasteiger partial charge on any atom is -0.454 e.